The van der Waals surface area contributed by atoms with Crippen LogP contribution in [0.2, 0.25) is 0 Å². The quantitative estimate of drug-likeness (QED) is 0.388. The lowest BCUT2D eigenvalue weighted by molar-refractivity contribution is -0.143. The van der Waals surface area contributed by atoms with E-state index in [2.05, 4.69) is 26.0 Å². The molecule has 0 amide bonds. The number of hydrogen-bond acceptors (Lipinski definition) is 3. The predicted octanol–water partition coefficient (Wildman–Crippen LogP) is 5.25. The zero-order valence-corrected chi connectivity index (χ0v) is 14.9. The van der Waals surface area contributed by atoms with E-state index >= 15 is 0 Å². The lowest BCUT2D eigenvalue weighted by atomic mass is 10.1. The molecule has 0 saturated heterocycles. The van der Waals surface area contributed by atoms with Crippen LogP contribution in [0.3, 0.4) is 0 Å². The van der Waals surface area contributed by atoms with Crippen molar-refractivity contribution in [1.82, 2.24) is 0 Å². The van der Waals surface area contributed by atoms with E-state index in [9.17, 15) is 4.79 Å². The minimum Gasteiger partial charge on any atom is -0.466 e. The highest BCUT2D eigenvalue weighted by atomic mass is 32.2. The smallest absolute Gasteiger partial charge is 0.306 e. The second-order valence-electron chi connectivity index (χ2n) is 5.63. The van der Waals surface area contributed by atoms with Crippen molar-refractivity contribution < 1.29 is 9.53 Å². The average Bonchev–Trinajstić information content (AvgIpc) is 2.53. The van der Waals surface area contributed by atoms with Gasteiger partial charge in [-0.25, -0.2) is 0 Å². The fourth-order valence-electron chi connectivity index (χ4n) is 2.44. The number of rotatable bonds is 12. The Hall–Kier alpha value is -0.960. The Labute approximate surface area is 140 Å². The Balaban J connectivity index is 2.05. The first-order chi connectivity index (χ1) is 10.8. The molecule has 1 aromatic rings. The van der Waals surface area contributed by atoms with E-state index < -0.39 is 0 Å². The van der Waals surface area contributed by atoms with Crippen LogP contribution in [0.25, 0.3) is 0 Å². The highest BCUT2D eigenvalue weighted by Crippen LogP contribution is 2.22. The third-order valence-corrected chi connectivity index (χ3v) is 4.98. The second kappa shape index (κ2) is 12.6. The van der Waals surface area contributed by atoms with Crippen molar-refractivity contribution in [3.63, 3.8) is 0 Å². The molecule has 0 aliphatic rings. The van der Waals surface area contributed by atoms with Crippen LogP contribution in [0.5, 0.6) is 0 Å². The van der Waals surface area contributed by atoms with Gasteiger partial charge in [-0.05, 0) is 31.2 Å². The van der Waals surface area contributed by atoms with Gasteiger partial charge in [0, 0.05) is 11.0 Å². The van der Waals surface area contributed by atoms with E-state index in [0.29, 0.717) is 18.3 Å². The molecule has 0 radical (unpaired) electrons. The Kier molecular flexibility index (Phi) is 10.9. The van der Waals surface area contributed by atoms with Crippen LogP contribution in [-0.4, -0.2) is 23.6 Å². The number of thioether (sulfide) groups is 1. The Morgan fingerprint density at radius 2 is 1.82 bits per heavy atom. The van der Waals surface area contributed by atoms with Crippen molar-refractivity contribution in [2.45, 2.75) is 64.0 Å². The van der Waals surface area contributed by atoms with E-state index in [1.165, 1.54) is 31.2 Å². The molecule has 1 rings (SSSR count). The fourth-order valence-corrected chi connectivity index (χ4v) is 3.87. The van der Waals surface area contributed by atoms with E-state index in [1.807, 2.05) is 30.0 Å². The molecule has 3 heteroatoms. The summed E-state index contributed by atoms with van der Waals surface area (Å²) in [5.41, 5.74) is 1.30. The van der Waals surface area contributed by atoms with Gasteiger partial charge >= 0.3 is 5.97 Å². The van der Waals surface area contributed by atoms with Crippen molar-refractivity contribution >= 4 is 17.7 Å². The highest BCUT2D eigenvalue weighted by molar-refractivity contribution is 7.99. The van der Waals surface area contributed by atoms with Crippen molar-refractivity contribution in [1.29, 1.82) is 0 Å². The third-order valence-electron chi connectivity index (χ3n) is 3.60. The van der Waals surface area contributed by atoms with Gasteiger partial charge in [-0.15, -0.1) is 0 Å². The molecule has 0 N–H and O–H groups in total. The van der Waals surface area contributed by atoms with E-state index in [1.54, 1.807) is 0 Å². The van der Waals surface area contributed by atoms with Crippen LogP contribution < -0.4 is 0 Å². The molecule has 0 atom stereocenters. The van der Waals surface area contributed by atoms with E-state index in [0.717, 1.165) is 18.6 Å². The predicted molar refractivity (Wildman–Crippen MR) is 96.4 cm³/mol. The summed E-state index contributed by atoms with van der Waals surface area (Å²) in [6.45, 7) is 4.99. The van der Waals surface area contributed by atoms with Gasteiger partial charge in [0.25, 0.3) is 0 Å². The largest absolute Gasteiger partial charge is 0.466 e. The summed E-state index contributed by atoms with van der Waals surface area (Å²) in [5.74, 6) is 0.842. The van der Waals surface area contributed by atoms with Crippen LogP contribution in [-0.2, 0) is 16.0 Å². The van der Waals surface area contributed by atoms with Crippen molar-refractivity contribution in [3.05, 3.63) is 35.9 Å². The van der Waals surface area contributed by atoms with Gasteiger partial charge in [0.05, 0.1) is 13.0 Å². The number of carbonyl (C=O) groups excluding carboxylic acids is 1. The van der Waals surface area contributed by atoms with Gasteiger partial charge in [-0.1, -0.05) is 57.0 Å². The van der Waals surface area contributed by atoms with Crippen molar-refractivity contribution in [2.75, 3.05) is 12.4 Å². The number of aryl methyl sites for hydroxylation is 1. The Morgan fingerprint density at radius 1 is 1.14 bits per heavy atom. The average molecular weight is 323 g/mol. The molecule has 0 unspecified atom stereocenters. The Bertz CT molecular complexity index is 386. The fraction of sp³-hybridized carbons (Fsp3) is 0.632. The van der Waals surface area contributed by atoms with Crippen molar-refractivity contribution in [3.8, 4) is 0 Å². The minimum absolute atomic E-state index is 0.0488. The molecule has 0 aliphatic heterocycles. The third kappa shape index (κ3) is 9.14. The van der Waals surface area contributed by atoms with Gasteiger partial charge in [-0.2, -0.15) is 11.8 Å². The normalized spacial score (nSPS) is 10.9. The monoisotopic (exact) mass is 322 g/mol. The first kappa shape index (κ1) is 19.1. The molecule has 1 aromatic carbocycles. The number of esters is 1. The number of benzene rings is 1. The van der Waals surface area contributed by atoms with Gasteiger partial charge in [0.2, 0.25) is 0 Å². The van der Waals surface area contributed by atoms with Crippen LogP contribution in [0, 0.1) is 0 Å². The van der Waals surface area contributed by atoms with Gasteiger partial charge in [0.15, 0.2) is 0 Å². The summed E-state index contributed by atoms with van der Waals surface area (Å²) in [5, 5.41) is 0.709. The zero-order chi connectivity index (χ0) is 16.0. The summed E-state index contributed by atoms with van der Waals surface area (Å²) < 4.78 is 5.31. The maximum Gasteiger partial charge on any atom is 0.306 e. The molecule has 2 nitrogen and oxygen atoms in total. The summed E-state index contributed by atoms with van der Waals surface area (Å²) in [6, 6.07) is 10.3. The highest BCUT2D eigenvalue weighted by Gasteiger charge is 2.09. The van der Waals surface area contributed by atoms with Gasteiger partial charge in [-0.3, -0.25) is 4.79 Å². The molecule has 0 fully saturated rings. The zero-order valence-electron chi connectivity index (χ0n) is 14.1. The molecule has 0 aromatic heterocycles. The first-order valence-corrected chi connectivity index (χ1v) is 9.62. The molecular weight excluding hydrogens is 292 g/mol. The van der Waals surface area contributed by atoms with Crippen molar-refractivity contribution in [2.24, 2.45) is 0 Å². The lowest BCUT2D eigenvalue weighted by Crippen LogP contribution is -2.09. The van der Waals surface area contributed by atoms with Crippen LogP contribution in [0.15, 0.2) is 30.3 Å². The van der Waals surface area contributed by atoms with Crippen LogP contribution in [0.1, 0.15) is 57.9 Å². The maximum atomic E-state index is 11.7. The summed E-state index contributed by atoms with van der Waals surface area (Å²) in [6.07, 6.45) is 7.37. The number of hydrogen-bond donors (Lipinski definition) is 0. The number of carbonyl (C=O) groups is 1. The topological polar surface area (TPSA) is 26.3 Å². The summed E-state index contributed by atoms with van der Waals surface area (Å²) in [4.78, 5) is 11.7. The van der Waals surface area contributed by atoms with Crippen LogP contribution in [0.4, 0.5) is 0 Å². The van der Waals surface area contributed by atoms with Gasteiger partial charge in [0.1, 0.15) is 0 Å². The second-order valence-corrected chi connectivity index (χ2v) is 7.04. The number of ether oxygens (including phenoxy) is 1. The molecular formula is C19H30O2S. The molecule has 0 saturated carbocycles. The SMILES string of the molecule is CCCC(CCC)SCCC(=O)OCCCc1ccccc1. The molecule has 0 bridgehead atoms. The summed E-state index contributed by atoms with van der Waals surface area (Å²) >= 11 is 1.93. The minimum atomic E-state index is -0.0488. The molecule has 0 heterocycles. The Morgan fingerprint density at radius 3 is 2.45 bits per heavy atom. The molecule has 0 aliphatic carbocycles. The van der Waals surface area contributed by atoms with E-state index in [-0.39, 0.29) is 5.97 Å². The maximum absolute atomic E-state index is 11.7. The lowest BCUT2D eigenvalue weighted by Gasteiger charge is -2.14. The molecule has 22 heavy (non-hydrogen) atoms. The van der Waals surface area contributed by atoms with E-state index in [4.69, 9.17) is 4.74 Å². The van der Waals surface area contributed by atoms with Crippen LogP contribution >= 0.6 is 11.8 Å². The first-order valence-electron chi connectivity index (χ1n) is 8.57. The molecule has 124 valence electrons. The summed E-state index contributed by atoms with van der Waals surface area (Å²) in [7, 11) is 0. The molecule has 0 spiro atoms. The van der Waals surface area contributed by atoms with Gasteiger partial charge < -0.3 is 4.74 Å². The standard InChI is InChI=1S/C19H30O2S/c1-3-9-18(10-4-2)22-16-14-19(20)21-15-8-13-17-11-6-5-7-12-17/h5-7,11-12,18H,3-4,8-10,13-16H2,1-2H3.